The van der Waals surface area contributed by atoms with E-state index in [-0.39, 0.29) is 5.69 Å². The van der Waals surface area contributed by atoms with Crippen LogP contribution in [0.3, 0.4) is 0 Å². The molecule has 0 atom stereocenters. The number of rotatable bonds is 5. The number of hydrogen-bond acceptors (Lipinski definition) is 5. The van der Waals surface area contributed by atoms with Gasteiger partial charge in [0.2, 0.25) is 5.89 Å². The van der Waals surface area contributed by atoms with Crippen LogP contribution in [0.2, 0.25) is 0 Å². The monoisotopic (exact) mass is 261 g/mol. The van der Waals surface area contributed by atoms with Crippen LogP contribution < -0.4 is 5.32 Å². The number of benzene rings is 1. The Kier molecular flexibility index (Phi) is 3.91. The molecule has 2 rings (SSSR count). The number of aromatic nitrogens is 1. The maximum absolute atomic E-state index is 10.9. The first-order chi connectivity index (χ1) is 9.08. The lowest BCUT2D eigenvalue weighted by molar-refractivity contribution is -0.384. The third-order valence-electron chi connectivity index (χ3n) is 2.58. The van der Waals surface area contributed by atoms with Gasteiger partial charge in [-0.3, -0.25) is 10.1 Å². The third-order valence-corrected chi connectivity index (χ3v) is 2.58. The van der Waals surface area contributed by atoms with Crippen LogP contribution in [-0.2, 0) is 6.54 Å². The third kappa shape index (κ3) is 3.17. The van der Waals surface area contributed by atoms with Gasteiger partial charge in [-0.15, -0.1) is 0 Å². The van der Waals surface area contributed by atoms with Crippen molar-refractivity contribution in [3.63, 3.8) is 0 Å². The average Bonchev–Trinajstić information content (AvgIpc) is 2.85. The molecule has 2 aromatic rings. The van der Waals surface area contributed by atoms with Crippen LogP contribution in [0.15, 0.2) is 34.9 Å². The summed E-state index contributed by atoms with van der Waals surface area (Å²) in [6.45, 7) is 4.54. The molecule has 0 saturated heterocycles. The Bertz CT molecular complexity index is 578. The number of oxazole rings is 1. The molecule has 0 fully saturated rings. The number of nitrogens with one attached hydrogen (secondary N) is 1. The number of nitro benzene ring substituents is 1. The van der Waals surface area contributed by atoms with Gasteiger partial charge >= 0.3 is 0 Å². The lowest BCUT2D eigenvalue weighted by Gasteiger charge is -2.04. The zero-order valence-electron chi connectivity index (χ0n) is 10.8. The first-order valence-electron chi connectivity index (χ1n) is 6.00. The maximum atomic E-state index is 10.9. The van der Waals surface area contributed by atoms with Gasteiger partial charge in [-0.2, -0.15) is 0 Å². The van der Waals surface area contributed by atoms with E-state index >= 15 is 0 Å². The van der Waals surface area contributed by atoms with Crippen molar-refractivity contribution in [2.45, 2.75) is 26.4 Å². The van der Waals surface area contributed by atoms with Crippen LogP contribution in [0.4, 0.5) is 5.69 Å². The highest BCUT2D eigenvalue weighted by Gasteiger charge is 2.17. The molecule has 0 spiro atoms. The molecule has 19 heavy (non-hydrogen) atoms. The van der Waals surface area contributed by atoms with E-state index in [0.717, 1.165) is 0 Å². The normalized spacial score (nSPS) is 10.9. The molecule has 0 unspecified atom stereocenters. The van der Waals surface area contributed by atoms with Crippen molar-refractivity contribution in [2.24, 2.45) is 0 Å². The van der Waals surface area contributed by atoms with Crippen molar-refractivity contribution in [1.82, 2.24) is 10.3 Å². The molecular weight excluding hydrogens is 246 g/mol. The number of nitro groups is 1. The molecule has 0 aliphatic rings. The van der Waals surface area contributed by atoms with E-state index < -0.39 is 4.92 Å². The van der Waals surface area contributed by atoms with Gasteiger partial charge in [0.25, 0.3) is 5.69 Å². The summed E-state index contributed by atoms with van der Waals surface area (Å²) in [5.74, 6) is 0.926. The zero-order chi connectivity index (χ0) is 13.8. The molecule has 1 N–H and O–H groups in total. The van der Waals surface area contributed by atoms with Crippen molar-refractivity contribution in [2.75, 3.05) is 0 Å². The second-order valence-electron chi connectivity index (χ2n) is 4.43. The summed E-state index contributed by atoms with van der Waals surface area (Å²) in [5.41, 5.74) is 0.456. The topological polar surface area (TPSA) is 81.2 Å². The van der Waals surface area contributed by atoms with Crippen molar-refractivity contribution in [3.05, 3.63) is 46.5 Å². The Morgan fingerprint density at radius 1 is 1.42 bits per heavy atom. The first-order valence-corrected chi connectivity index (χ1v) is 6.00. The van der Waals surface area contributed by atoms with E-state index in [1.54, 1.807) is 18.2 Å². The minimum Gasteiger partial charge on any atom is -0.439 e. The summed E-state index contributed by atoms with van der Waals surface area (Å²) in [4.78, 5) is 14.6. The Morgan fingerprint density at radius 2 is 2.16 bits per heavy atom. The second kappa shape index (κ2) is 5.62. The number of nitrogens with zero attached hydrogens (tertiary/aromatic N) is 2. The average molecular weight is 261 g/mol. The van der Waals surface area contributed by atoms with Crippen LogP contribution in [0, 0.1) is 10.1 Å². The molecule has 0 aliphatic carbocycles. The Morgan fingerprint density at radius 3 is 2.84 bits per heavy atom. The second-order valence-corrected chi connectivity index (χ2v) is 4.43. The fourth-order valence-electron chi connectivity index (χ4n) is 1.65. The highest BCUT2D eigenvalue weighted by Crippen LogP contribution is 2.29. The summed E-state index contributed by atoms with van der Waals surface area (Å²) < 4.78 is 5.53. The lowest BCUT2D eigenvalue weighted by atomic mass is 10.1. The van der Waals surface area contributed by atoms with Crippen LogP contribution in [0.5, 0.6) is 0 Å². The minimum atomic E-state index is -0.427. The fraction of sp³-hybridized carbons (Fsp3) is 0.308. The Labute approximate surface area is 110 Å². The molecule has 0 saturated carbocycles. The fourth-order valence-corrected chi connectivity index (χ4v) is 1.65. The van der Waals surface area contributed by atoms with E-state index in [4.69, 9.17) is 4.42 Å². The minimum absolute atomic E-state index is 0.0158. The van der Waals surface area contributed by atoms with Crippen LogP contribution >= 0.6 is 0 Å². The largest absolute Gasteiger partial charge is 0.439 e. The van der Waals surface area contributed by atoms with Crippen molar-refractivity contribution >= 4 is 5.69 Å². The molecule has 0 aliphatic heterocycles. The predicted molar refractivity (Wildman–Crippen MR) is 70.6 cm³/mol. The molecule has 6 heteroatoms. The first kappa shape index (κ1) is 13.2. The molecule has 0 amide bonds. The van der Waals surface area contributed by atoms with Gasteiger partial charge in [0, 0.05) is 12.1 Å². The summed E-state index contributed by atoms with van der Waals surface area (Å²) in [6.07, 6.45) is 1.51. The number of para-hydroxylation sites is 1. The van der Waals surface area contributed by atoms with E-state index in [9.17, 15) is 10.1 Å². The Hall–Kier alpha value is -2.21. The maximum Gasteiger partial charge on any atom is 0.280 e. The van der Waals surface area contributed by atoms with Gasteiger partial charge in [-0.25, -0.2) is 4.98 Å². The molecule has 1 aromatic heterocycles. The lowest BCUT2D eigenvalue weighted by Crippen LogP contribution is -2.21. The van der Waals surface area contributed by atoms with Gasteiger partial charge in [0.05, 0.1) is 23.2 Å². The summed E-state index contributed by atoms with van der Waals surface area (Å²) in [5, 5.41) is 14.1. The predicted octanol–water partition coefficient (Wildman–Crippen LogP) is 2.75. The zero-order valence-corrected chi connectivity index (χ0v) is 10.8. The van der Waals surface area contributed by atoms with Crippen LogP contribution in [0.25, 0.3) is 11.3 Å². The summed E-state index contributed by atoms with van der Waals surface area (Å²) in [6, 6.07) is 6.78. The molecule has 0 bridgehead atoms. The molecule has 1 heterocycles. The standard InChI is InChI=1S/C13H15N3O3/c1-9(2)14-8-13-15-7-12(19-13)10-5-3-4-6-11(10)16(17)18/h3-7,9,14H,8H2,1-2H3. The quantitative estimate of drug-likeness (QED) is 0.661. The highest BCUT2D eigenvalue weighted by molar-refractivity contribution is 5.68. The van der Waals surface area contributed by atoms with Gasteiger partial charge in [0.15, 0.2) is 5.76 Å². The van der Waals surface area contributed by atoms with E-state index in [2.05, 4.69) is 10.3 Å². The molecule has 1 aromatic carbocycles. The Balaban J connectivity index is 2.25. The smallest absolute Gasteiger partial charge is 0.280 e. The van der Waals surface area contributed by atoms with Crippen LogP contribution in [-0.4, -0.2) is 15.9 Å². The molecule has 6 nitrogen and oxygen atoms in total. The summed E-state index contributed by atoms with van der Waals surface area (Å²) >= 11 is 0. The summed E-state index contributed by atoms with van der Waals surface area (Å²) in [7, 11) is 0. The number of hydrogen-bond donors (Lipinski definition) is 1. The van der Waals surface area contributed by atoms with Crippen molar-refractivity contribution in [1.29, 1.82) is 0 Å². The van der Waals surface area contributed by atoms with Gasteiger partial charge in [-0.05, 0) is 6.07 Å². The molecule has 0 radical (unpaired) electrons. The van der Waals surface area contributed by atoms with Crippen LogP contribution in [0.1, 0.15) is 19.7 Å². The highest BCUT2D eigenvalue weighted by atomic mass is 16.6. The van der Waals surface area contributed by atoms with Gasteiger partial charge in [-0.1, -0.05) is 26.0 Å². The van der Waals surface area contributed by atoms with Gasteiger partial charge in [0.1, 0.15) is 0 Å². The van der Waals surface area contributed by atoms with Crippen molar-refractivity contribution in [3.8, 4) is 11.3 Å². The molecule has 100 valence electrons. The van der Waals surface area contributed by atoms with E-state index in [1.165, 1.54) is 12.3 Å². The van der Waals surface area contributed by atoms with Crippen molar-refractivity contribution < 1.29 is 9.34 Å². The molecular formula is C13H15N3O3. The SMILES string of the molecule is CC(C)NCc1ncc(-c2ccccc2[N+](=O)[O-])o1. The van der Waals surface area contributed by atoms with E-state index in [1.807, 2.05) is 13.8 Å². The van der Waals surface area contributed by atoms with Gasteiger partial charge < -0.3 is 9.73 Å². The van der Waals surface area contributed by atoms with E-state index in [0.29, 0.717) is 29.8 Å².